The van der Waals surface area contributed by atoms with Gasteiger partial charge in [-0.1, -0.05) is 30.3 Å². The summed E-state index contributed by atoms with van der Waals surface area (Å²) < 4.78 is 0. The van der Waals surface area contributed by atoms with Gasteiger partial charge in [-0.05, 0) is 12.1 Å². The Hall–Kier alpha value is -2.77. The zero-order valence-corrected chi connectivity index (χ0v) is 12.2. The molecule has 120 valence electrons. The highest BCUT2D eigenvalue weighted by molar-refractivity contribution is 6.09. The van der Waals surface area contributed by atoms with Crippen LogP contribution in [-0.4, -0.2) is 40.2 Å². The van der Waals surface area contributed by atoms with Crippen LogP contribution in [-0.2, 0) is 0 Å². The van der Waals surface area contributed by atoms with E-state index >= 15 is 0 Å². The third kappa shape index (κ3) is 4.12. The molecule has 1 atom stereocenters. The molecule has 0 aliphatic carbocycles. The van der Waals surface area contributed by atoms with Gasteiger partial charge in [-0.15, -0.1) is 0 Å². The molecular formula is C16H16N2O5. The molecule has 0 radical (unpaired) electrons. The fourth-order valence-corrected chi connectivity index (χ4v) is 2.02. The Morgan fingerprint density at radius 3 is 2.48 bits per heavy atom. The molecule has 0 amide bonds. The van der Waals surface area contributed by atoms with E-state index in [1.165, 1.54) is 18.2 Å². The highest BCUT2D eigenvalue weighted by Gasteiger charge is 2.18. The van der Waals surface area contributed by atoms with Crippen LogP contribution in [0.25, 0.3) is 0 Å². The summed E-state index contributed by atoms with van der Waals surface area (Å²) in [6, 6.07) is 12.6. The number of nitro benzene ring substituents is 1. The lowest BCUT2D eigenvalue weighted by Crippen LogP contribution is -2.23. The molecule has 0 aliphatic rings. The minimum atomic E-state index is -1.03. The predicted molar refractivity (Wildman–Crippen MR) is 84.6 cm³/mol. The fourth-order valence-electron chi connectivity index (χ4n) is 2.02. The van der Waals surface area contributed by atoms with Crippen molar-refractivity contribution in [2.75, 3.05) is 18.5 Å². The molecule has 0 saturated heterocycles. The largest absolute Gasteiger partial charge is 0.394 e. The van der Waals surface area contributed by atoms with E-state index < -0.39 is 17.6 Å². The Bertz CT molecular complexity index is 703. The van der Waals surface area contributed by atoms with Gasteiger partial charge in [0.15, 0.2) is 5.78 Å². The number of rotatable bonds is 7. The molecule has 7 nitrogen and oxygen atoms in total. The number of benzene rings is 2. The number of carbonyl (C=O) groups is 1. The lowest BCUT2D eigenvalue weighted by Gasteiger charge is -2.11. The molecule has 0 bridgehead atoms. The van der Waals surface area contributed by atoms with Crippen LogP contribution in [0.5, 0.6) is 0 Å². The van der Waals surface area contributed by atoms with E-state index in [4.69, 9.17) is 5.11 Å². The Kier molecular flexibility index (Phi) is 5.40. The third-order valence-electron chi connectivity index (χ3n) is 3.23. The Morgan fingerprint density at radius 2 is 1.87 bits per heavy atom. The van der Waals surface area contributed by atoms with Gasteiger partial charge in [0.25, 0.3) is 5.69 Å². The van der Waals surface area contributed by atoms with E-state index in [2.05, 4.69) is 5.32 Å². The van der Waals surface area contributed by atoms with Crippen molar-refractivity contribution >= 4 is 17.2 Å². The first-order valence-corrected chi connectivity index (χ1v) is 6.94. The summed E-state index contributed by atoms with van der Waals surface area (Å²) in [5.41, 5.74) is 0.554. The second-order valence-electron chi connectivity index (χ2n) is 4.90. The molecule has 3 N–H and O–H groups in total. The topological polar surface area (TPSA) is 113 Å². The van der Waals surface area contributed by atoms with Crippen LogP contribution < -0.4 is 5.32 Å². The summed E-state index contributed by atoms with van der Waals surface area (Å²) in [5, 5.41) is 31.9. The standard InChI is InChI=1S/C16H16N2O5/c19-10-13(20)9-17-14-7-6-12(8-15(14)18(22)23)16(21)11-4-2-1-3-5-11/h1-8,13,17,19-20H,9-10H2. The van der Waals surface area contributed by atoms with E-state index in [1.807, 2.05) is 0 Å². The Morgan fingerprint density at radius 1 is 1.17 bits per heavy atom. The van der Waals surface area contributed by atoms with Crippen LogP contribution in [0.2, 0.25) is 0 Å². The second kappa shape index (κ2) is 7.48. The van der Waals surface area contributed by atoms with Gasteiger partial charge >= 0.3 is 0 Å². The SMILES string of the molecule is O=C(c1ccccc1)c1ccc(NCC(O)CO)c([N+](=O)[O-])c1. The summed E-state index contributed by atoms with van der Waals surface area (Å²) in [5.74, 6) is -0.310. The number of hydrogen-bond acceptors (Lipinski definition) is 6. The Balaban J connectivity index is 2.29. The maximum Gasteiger partial charge on any atom is 0.293 e. The number of carbonyl (C=O) groups excluding carboxylic acids is 1. The molecule has 1 unspecified atom stereocenters. The minimum Gasteiger partial charge on any atom is -0.394 e. The van der Waals surface area contributed by atoms with Gasteiger partial charge in [0.2, 0.25) is 0 Å². The van der Waals surface area contributed by atoms with Crippen LogP contribution in [0, 0.1) is 10.1 Å². The average Bonchev–Trinajstić information content (AvgIpc) is 2.59. The molecule has 2 aromatic rings. The van der Waals surface area contributed by atoms with Crippen LogP contribution in [0.1, 0.15) is 15.9 Å². The molecule has 2 rings (SSSR count). The van der Waals surface area contributed by atoms with Crippen molar-refractivity contribution in [3.05, 3.63) is 69.8 Å². The van der Waals surface area contributed by atoms with Crippen molar-refractivity contribution in [1.82, 2.24) is 0 Å². The summed E-state index contributed by atoms with van der Waals surface area (Å²) in [6.07, 6.45) is -1.03. The van der Waals surface area contributed by atoms with E-state index in [0.29, 0.717) is 5.56 Å². The molecule has 23 heavy (non-hydrogen) atoms. The summed E-state index contributed by atoms with van der Waals surface area (Å²) in [4.78, 5) is 22.9. The summed E-state index contributed by atoms with van der Waals surface area (Å²) in [6.45, 7) is -0.491. The van der Waals surface area contributed by atoms with E-state index in [1.54, 1.807) is 30.3 Å². The molecule has 0 aromatic heterocycles. The molecule has 0 heterocycles. The fraction of sp³-hybridized carbons (Fsp3) is 0.188. The first kappa shape index (κ1) is 16.6. The number of ketones is 1. The third-order valence-corrected chi connectivity index (χ3v) is 3.23. The smallest absolute Gasteiger partial charge is 0.293 e. The summed E-state index contributed by atoms with van der Waals surface area (Å²) in [7, 11) is 0. The first-order valence-electron chi connectivity index (χ1n) is 6.94. The quantitative estimate of drug-likeness (QED) is 0.406. The van der Waals surface area contributed by atoms with Crippen molar-refractivity contribution in [2.45, 2.75) is 6.10 Å². The van der Waals surface area contributed by atoms with Gasteiger partial charge in [0, 0.05) is 23.7 Å². The Labute approximate surface area is 132 Å². The molecule has 0 spiro atoms. The highest BCUT2D eigenvalue weighted by Crippen LogP contribution is 2.26. The molecule has 0 saturated carbocycles. The maximum absolute atomic E-state index is 12.3. The molecule has 0 fully saturated rings. The first-order chi connectivity index (χ1) is 11.0. The van der Waals surface area contributed by atoms with Gasteiger partial charge < -0.3 is 15.5 Å². The van der Waals surface area contributed by atoms with Crippen molar-refractivity contribution in [1.29, 1.82) is 0 Å². The van der Waals surface area contributed by atoms with Crippen molar-refractivity contribution in [3.63, 3.8) is 0 Å². The van der Waals surface area contributed by atoms with E-state index in [-0.39, 0.29) is 29.3 Å². The molecule has 2 aromatic carbocycles. The minimum absolute atomic E-state index is 0.0384. The lowest BCUT2D eigenvalue weighted by atomic mass is 10.0. The number of aliphatic hydroxyl groups excluding tert-OH is 2. The van der Waals surface area contributed by atoms with Crippen LogP contribution in [0.15, 0.2) is 48.5 Å². The van der Waals surface area contributed by atoms with Crippen molar-refractivity contribution in [2.24, 2.45) is 0 Å². The van der Waals surface area contributed by atoms with Crippen LogP contribution in [0.4, 0.5) is 11.4 Å². The van der Waals surface area contributed by atoms with Gasteiger partial charge in [0.05, 0.1) is 17.6 Å². The van der Waals surface area contributed by atoms with Crippen molar-refractivity contribution in [3.8, 4) is 0 Å². The monoisotopic (exact) mass is 316 g/mol. The van der Waals surface area contributed by atoms with E-state index in [0.717, 1.165) is 0 Å². The number of nitrogens with one attached hydrogen (secondary N) is 1. The molecule has 0 aliphatic heterocycles. The number of aliphatic hydroxyl groups is 2. The van der Waals surface area contributed by atoms with Crippen molar-refractivity contribution < 1.29 is 19.9 Å². The van der Waals surface area contributed by atoms with Gasteiger partial charge in [-0.2, -0.15) is 0 Å². The van der Waals surface area contributed by atoms with Gasteiger partial charge in [-0.3, -0.25) is 14.9 Å². The highest BCUT2D eigenvalue weighted by atomic mass is 16.6. The van der Waals surface area contributed by atoms with Gasteiger partial charge in [0.1, 0.15) is 5.69 Å². The second-order valence-corrected chi connectivity index (χ2v) is 4.90. The summed E-state index contributed by atoms with van der Waals surface area (Å²) >= 11 is 0. The number of hydrogen-bond donors (Lipinski definition) is 3. The number of nitrogens with zero attached hydrogens (tertiary/aromatic N) is 1. The van der Waals surface area contributed by atoms with Crippen LogP contribution >= 0.6 is 0 Å². The zero-order valence-electron chi connectivity index (χ0n) is 12.2. The number of anilines is 1. The maximum atomic E-state index is 12.3. The molecule has 7 heteroatoms. The average molecular weight is 316 g/mol. The lowest BCUT2D eigenvalue weighted by molar-refractivity contribution is -0.384. The normalized spacial score (nSPS) is 11.7. The van der Waals surface area contributed by atoms with Crippen LogP contribution in [0.3, 0.4) is 0 Å². The number of nitro groups is 1. The molecular weight excluding hydrogens is 300 g/mol. The zero-order chi connectivity index (χ0) is 16.8. The van der Waals surface area contributed by atoms with E-state index in [9.17, 15) is 20.0 Å². The van der Waals surface area contributed by atoms with Gasteiger partial charge in [-0.25, -0.2) is 0 Å². The predicted octanol–water partition coefficient (Wildman–Crippen LogP) is 1.59.